The fourth-order valence-electron chi connectivity index (χ4n) is 3.79. The van der Waals surface area contributed by atoms with Gasteiger partial charge in [-0.1, -0.05) is 6.07 Å². The standard InChI is InChI=1S/C19H18BFN2O2/c1-12-8-17-13(10-22-23(17)15-6-4-14(21)5-7-15)9-16(12)20-24-18(2)11-19(18,3)25-20/h4-10H,11H2,1-3H3. The second-order valence-electron chi connectivity index (χ2n) is 7.51. The van der Waals surface area contributed by atoms with E-state index in [-0.39, 0.29) is 24.1 Å². The fraction of sp³-hybridized carbons (Fsp3) is 0.316. The molecule has 1 aromatic heterocycles. The van der Waals surface area contributed by atoms with Crippen molar-refractivity contribution in [2.75, 3.05) is 0 Å². The van der Waals surface area contributed by atoms with Gasteiger partial charge in [-0.3, -0.25) is 0 Å². The van der Waals surface area contributed by atoms with E-state index in [1.165, 1.54) is 12.1 Å². The third-order valence-corrected chi connectivity index (χ3v) is 5.68. The molecule has 1 saturated carbocycles. The predicted molar refractivity (Wildman–Crippen MR) is 94.8 cm³/mol. The van der Waals surface area contributed by atoms with E-state index in [1.54, 1.807) is 12.1 Å². The molecule has 2 unspecified atom stereocenters. The van der Waals surface area contributed by atoms with Crippen LogP contribution in [0.15, 0.2) is 42.6 Å². The van der Waals surface area contributed by atoms with Crippen molar-refractivity contribution in [2.45, 2.75) is 38.4 Å². The summed E-state index contributed by atoms with van der Waals surface area (Å²) in [4.78, 5) is 0. The first-order valence-corrected chi connectivity index (χ1v) is 8.48. The van der Waals surface area contributed by atoms with Crippen LogP contribution in [0, 0.1) is 12.7 Å². The number of nitrogens with zero attached hydrogens (tertiary/aromatic N) is 2. The van der Waals surface area contributed by atoms with Crippen molar-refractivity contribution in [3.05, 3.63) is 54.0 Å². The summed E-state index contributed by atoms with van der Waals surface area (Å²) in [5.41, 5.74) is 3.61. The molecule has 25 heavy (non-hydrogen) atoms. The Bertz CT molecular complexity index is 987. The summed E-state index contributed by atoms with van der Waals surface area (Å²) in [5.74, 6) is -0.255. The molecule has 2 aromatic carbocycles. The molecule has 0 N–H and O–H groups in total. The zero-order chi connectivity index (χ0) is 17.4. The average molecular weight is 336 g/mol. The summed E-state index contributed by atoms with van der Waals surface area (Å²) in [5, 5.41) is 5.48. The van der Waals surface area contributed by atoms with Gasteiger partial charge in [0.05, 0.1) is 28.6 Å². The normalized spacial score (nSPS) is 27.8. The van der Waals surface area contributed by atoms with Crippen LogP contribution in [0.2, 0.25) is 0 Å². The molecule has 5 rings (SSSR count). The number of halogens is 1. The molecule has 126 valence electrons. The number of rotatable bonds is 2. The second-order valence-corrected chi connectivity index (χ2v) is 7.51. The van der Waals surface area contributed by atoms with Crippen LogP contribution in [0.25, 0.3) is 16.6 Å². The lowest BCUT2D eigenvalue weighted by Gasteiger charge is -2.14. The third-order valence-electron chi connectivity index (χ3n) is 5.68. The molecular weight excluding hydrogens is 318 g/mol. The van der Waals surface area contributed by atoms with Crippen molar-refractivity contribution >= 4 is 23.5 Å². The highest BCUT2D eigenvalue weighted by molar-refractivity contribution is 6.63. The minimum Gasteiger partial charge on any atom is -0.399 e. The molecule has 2 fully saturated rings. The molecule has 0 amide bonds. The molecule has 1 saturated heterocycles. The van der Waals surface area contributed by atoms with Crippen LogP contribution < -0.4 is 5.46 Å². The summed E-state index contributed by atoms with van der Waals surface area (Å²) in [6.45, 7) is 6.26. The number of hydrogen-bond acceptors (Lipinski definition) is 3. The number of aromatic nitrogens is 2. The van der Waals surface area contributed by atoms with E-state index in [0.717, 1.165) is 34.0 Å². The fourth-order valence-corrected chi connectivity index (χ4v) is 3.79. The van der Waals surface area contributed by atoms with Gasteiger partial charge in [-0.2, -0.15) is 5.10 Å². The molecule has 2 heterocycles. The Labute approximate surface area is 145 Å². The largest absolute Gasteiger partial charge is 0.495 e. The first-order chi connectivity index (χ1) is 11.9. The Morgan fingerprint density at radius 1 is 1.12 bits per heavy atom. The lowest BCUT2D eigenvalue weighted by Crippen LogP contribution is -2.37. The molecular formula is C19H18BFN2O2. The number of aryl methyl sites for hydroxylation is 1. The van der Waals surface area contributed by atoms with E-state index in [4.69, 9.17) is 9.31 Å². The van der Waals surface area contributed by atoms with Crippen LogP contribution in [0.3, 0.4) is 0 Å². The maximum absolute atomic E-state index is 13.2. The van der Waals surface area contributed by atoms with Gasteiger partial charge in [0.2, 0.25) is 0 Å². The minimum atomic E-state index is -0.331. The van der Waals surface area contributed by atoms with Gasteiger partial charge in [0.25, 0.3) is 0 Å². The molecule has 2 aliphatic rings. The third kappa shape index (κ3) is 2.11. The van der Waals surface area contributed by atoms with Crippen molar-refractivity contribution in [1.82, 2.24) is 9.78 Å². The zero-order valence-electron chi connectivity index (χ0n) is 14.4. The lowest BCUT2D eigenvalue weighted by molar-refractivity contribution is 0.187. The molecule has 3 aromatic rings. The Balaban J connectivity index is 1.56. The van der Waals surface area contributed by atoms with Crippen molar-refractivity contribution < 1.29 is 13.7 Å². The lowest BCUT2D eigenvalue weighted by atomic mass is 9.75. The highest BCUT2D eigenvalue weighted by Crippen LogP contribution is 2.58. The maximum atomic E-state index is 13.2. The van der Waals surface area contributed by atoms with Gasteiger partial charge >= 0.3 is 7.12 Å². The summed E-state index contributed by atoms with van der Waals surface area (Å²) < 4.78 is 27.3. The van der Waals surface area contributed by atoms with Crippen LogP contribution in [0.1, 0.15) is 25.8 Å². The van der Waals surface area contributed by atoms with Gasteiger partial charge in [-0.25, -0.2) is 9.07 Å². The van der Waals surface area contributed by atoms with Crippen LogP contribution in [-0.2, 0) is 9.31 Å². The van der Waals surface area contributed by atoms with Gasteiger partial charge < -0.3 is 9.31 Å². The molecule has 2 atom stereocenters. The monoisotopic (exact) mass is 336 g/mol. The van der Waals surface area contributed by atoms with Gasteiger partial charge in [0.15, 0.2) is 0 Å². The van der Waals surface area contributed by atoms with Crippen molar-refractivity contribution in [1.29, 1.82) is 0 Å². The number of hydrogen-bond donors (Lipinski definition) is 0. The van der Waals surface area contributed by atoms with Crippen molar-refractivity contribution in [3.63, 3.8) is 0 Å². The second kappa shape index (κ2) is 4.71. The van der Waals surface area contributed by atoms with Crippen LogP contribution in [0.4, 0.5) is 4.39 Å². The molecule has 0 radical (unpaired) electrons. The first-order valence-electron chi connectivity index (χ1n) is 8.48. The Hall–Kier alpha value is -2.18. The first kappa shape index (κ1) is 15.1. The van der Waals surface area contributed by atoms with Gasteiger partial charge in [0, 0.05) is 11.8 Å². The topological polar surface area (TPSA) is 36.3 Å². The van der Waals surface area contributed by atoms with E-state index in [9.17, 15) is 4.39 Å². The van der Waals surface area contributed by atoms with Gasteiger partial charge in [-0.15, -0.1) is 0 Å². The smallest absolute Gasteiger partial charge is 0.399 e. The molecule has 1 aliphatic carbocycles. The summed E-state index contributed by atoms with van der Waals surface area (Å²) in [6.07, 6.45) is 2.76. The Morgan fingerprint density at radius 3 is 2.48 bits per heavy atom. The van der Waals surface area contributed by atoms with E-state index in [2.05, 4.69) is 38.0 Å². The van der Waals surface area contributed by atoms with E-state index >= 15 is 0 Å². The van der Waals surface area contributed by atoms with Crippen LogP contribution >= 0.6 is 0 Å². The van der Waals surface area contributed by atoms with Crippen molar-refractivity contribution in [3.8, 4) is 5.69 Å². The summed E-state index contributed by atoms with van der Waals surface area (Å²) in [6, 6.07) is 10.5. The summed E-state index contributed by atoms with van der Waals surface area (Å²) >= 11 is 0. The number of benzene rings is 2. The Kier molecular flexibility index (Phi) is 2.85. The SMILES string of the molecule is Cc1cc2c(cnn2-c2ccc(F)cc2)cc1B1OC2(C)CC2(C)O1. The predicted octanol–water partition coefficient (Wildman–Crippen LogP) is 3.14. The highest BCUT2D eigenvalue weighted by atomic mass is 19.1. The van der Waals surface area contributed by atoms with Crippen LogP contribution in [0.5, 0.6) is 0 Å². The summed E-state index contributed by atoms with van der Waals surface area (Å²) in [7, 11) is -0.331. The quantitative estimate of drug-likeness (QED) is 0.675. The van der Waals surface area contributed by atoms with E-state index < -0.39 is 0 Å². The zero-order valence-corrected chi connectivity index (χ0v) is 14.4. The Morgan fingerprint density at radius 2 is 1.80 bits per heavy atom. The average Bonchev–Trinajstić information content (AvgIpc) is 2.85. The van der Waals surface area contributed by atoms with E-state index in [1.807, 2.05) is 10.9 Å². The molecule has 6 heteroatoms. The highest BCUT2D eigenvalue weighted by Gasteiger charge is 2.71. The van der Waals surface area contributed by atoms with Crippen molar-refractivity contribution in [2.24, 2.45) is 0 Å². The molecule has 4 nitrogen and oxygen atoms in total. The van der Waals surface area contributed by atoms with Crippen LogP contribution in [-0.4, -0.2) is 28.1 Å². The minimum absolute atomic E-state index is 0.169. The van der Waals surface area contributed by atoms with Gasteiger partial charge in [-0.05, 0) is 62.1 Å². The maximum Gasteiger partial charge on any atom is 0.495 e. The number of fused-ring (bicyclic) bond motifs is 2. The van der Waals surface area contributed by atoms with E-state index in [0.29, 0.717) is 0 Å². The molecule has 1 aliphatic heterocycles. The molecule has 0 spiro atoms. The van der Waals surface area contributed by atoms with Gasteiger partial charge in [0.1, 0.15) is 5.82 Å². The molecule has 0 bridgehead atoms.